The van der Waals surface area contributed by atoms with Crippen molar-refractivity contribution in [2.75, 3.05) is 26.9 Å². The fourth-order valence-electron chi connectivity index (χ4n) is 1.93. The maximum atomic E-state index is 6.00. The Labute approximate surface area is 122 Å². The maximum absolute atomic E-state index is 6.00. The first-order chi connectivity index (χ1) is 9.69. The van der Waals surface area contributed by atoms with Crippen molar-refractivity contribution >= 4 is 0 Å². The Morgan fingerprint density at radius 2 is 1.80 bits per heavy atom. The molecule has 0 aliphatic rings. The molecule has 0 saturated carbocycles. The lowest BCUT2D eigenvalue weighted by molar-refractivity contribution is -0.00530. The molecule has 0 fully saturated rings. The molecule has 0 saturated heterocycles. The van der Waals surface area contributed by atoms with Crippen molar-refractivity contribution in [2.45, 2.75) is 38.8 Å². The van der Waals surface area contributed by atoms with Gasteiger partial charge in [-0.05, 0) is 31.0 Å². The molecule has 0 heterocycles. The molecule has 4 heteroatoms. The van der Waals surface area contributed by atoms with E-state index < -0.39 is 0 Å². The molecule has 2 atom stereocenters. The summed E-state index contributed by atoms with van der Waals surface area (Å²) in [6, 6.07) is 7.76. The van der Waals surface area contributed by atoms with Crippen molar-refractivity contribution in [3.05, 3.63) is 29.8 Å². The number of hydrogen-bond donors (Lipinski definition) is 1. The largest absolute Gasteiger partial charge is 0.497 e. The van der Waals surface area contributed by atoms with Crippen LogP contribution in [-0.2, 0) is 9.47 Å². The fourth-order valence-corrected chi connectivity index (χ4v) is 1.93. The van der Waals surface area contributed by atoms with Crippen LogP contribution in [0.2, 0.25) is 0 Å². The van der Waals surface area contributed by atoms with Crippen molar-refractivity contribution in [3.63, 3.8) is 0 Å². The third-order valence-electron chi connectivity index (χ3n) is 3.09. The van der Waals surface area contributed by atoms with Crippen LogP contribution in [-0.4, -0.2) is 33.0 Å². The zero-order chi connectivity index (χ0) is 14.8. The van der Waals surface area contributed by atoms with Crippen LogP contribution >= 0.6 is 0 Å². The highest BCUT2D eigenvalue weighted by molar-refractivity contribution is 5.29. The first-order valence-electron chi connectivity index (χ1n) is 7.28. The lowest BCUT2D eigenvalue weighted by atomic mass is 10.0. The molecule has 0 aliphatic heterocycles. The molecule has 1 rings (SSSR count). The molecule has 0 aromatic heterocycles. The van der Waals surface area contributed by atoms with Gasteiger partial charge in [0.25, 0.3) is 0 Å². The summed E-state index contributed by atoms with van der Waals surface area (Å²) in [7, 11) is 1.65. The molecule has 2 N–H and O–H groups in total. The number of nitrogens with two attached hydrogens (primary N) is 1. The van der Waals surface area contributed by atoms with E-state index in [1.807, 2.05) is 31.2 Å². The predicted octanol–water partition coefficient (Wildman–Crippen LogP) is 2.92. The van der Waals surface area contributed by atoms with Gasteiger partial charge in [0.2, 0.25) is 0 Å². The number of benzene rings is 1. The van der Waals surface area contributed by atoms with Gasteiger partial charge >= 0.3 is 0 Å². The van der Waals surface area contributed by atoms with Crippen LogP contribution in [0.25, 0.3) is 0 Å². The van der Waals surface area contributed by atoms with Crippen molar-refractivity contribution in [1.82, 2.24) is 0 Å². The number of methoxy groups -OCH3 is 1. The lowest BCUT2D eigenvalue weighted by Gasteiger charge is -2.22. The van der Waals surface area contributed by atoms with Crippen molar-refractivity contribution in [3.8, 4) is 5.75 Å². The molecular formula is C16H27NO3. The topological polar surface area (TPSA) is 53.7 Å². The second-order valence-corrected chi connectivity index (χ2v) is 4.89. The Morgan fingerprint density at radius 1 is 1.10 bits per heavy atom. The Morgan fingerprint density at radius 3 is 2.35 bits per heavy atom. The van der Waals surface area contributed by atoms with E-state index >= 15 is 0 Å². The quantitative estimate of drug-likeness (QED) is 0.670. The summed E-state index contributed by atoms with van der Waals surface area (Å²) < 4.78 is 16.5. The summed E-state index contributed by atoms with van der Waals surface area (Å²) in [5, 5.41) is 0. The van der Waals surface area contributed by atoms with Crippen LogP contribution in [0.1, 0.15) is 38.4 Å². The van der Waals surface area contributed by atoms with Crippen LogP contribution in [0.15, 0.2) is 24.3 Å². The molecule has 1 aromatic rings. The molecule has 20 heavy (non-hydrogen) atoms. The second kappa shape index (κ2) is 9.75. The average Bonchev–Trinajstić information content (AvgIpc) is 2.46. The number of unbranched alkanes of at least 4 members (excludes halogenated alkanes) is 1. The minimum atomic E-state index is -0.115. The first kappa shape index (κ1) is 17.0. The monoisotopic (exact) mass is 281 g/mol. The molecule has 114 valence electrons. The number of hydrogen-bond acceptors (Lipinski definition) is 4. The van der Waals surface area contributed by atoms with E-state index in [2.05, 4.69) is 6.92 Å². The summed E-state index contributed by atoms with van der Waals surface area (Å²) in [5.74, 6) is 0.833. The van der Waals surface area contributed by atoms with E-state index in [-0.39, 0.29) is 12.1 Å². The standard InChI is InChI=1S/C16H27NO3/c1-4-5-10-19-11-12-20-16(13(2)17)14-6-8-15(18-3)9-7-14/h6-9,13,16H,4-5,10-12,17H2,1-3H3. The zero-order valence-electron chi connectivity index (χ0n) is 12.8. The highest BCUT2D eigenvalue weighted by atomic mass is 16.5. The highest BCUT2D eigenvalue weighted by Gasteiger charge is 2.16. The summed E-state index contributed by atoms with van der Waals surface area (Å²) in [6.45, 7) is 6.06. The van der Waals surface area contributed by atoms with E-state index in [0.717, 1.165) is 30.8 Å². The maximum Gasteiger partial charge on any atom is 0.118 e. The zero-order valence-corrected chi connectivity index (χ0v) is 12.8. The Bertz CT molecular complexity index is 351. The van der Waals surface area contributed by atoms with Gasteiger partial charge in [0.1, 0.15) is 5.75 Å². The average molecular weight is 281 g/mol. The van der Waals surface area contributed by atoms with E-state index in [4.69, 9.17) is 19.9 Å². The minimum Gasteiger partial charge on any atom is -0.497 e. The van der Waals surface area contributed by atoms with Crippen molar-refractivity contribution in [1.29, 1.82) is 0 Å². The molecule has 0 amide bonds. The Hall–Kier alpha value is -1.10. The van der Waals surface area contributed by atoms with Gasteiger partial charge in [-0.25, -0.2) is 0 Å². The molecule has 4 nitrogen and oxygen atoms in total. The fraction of sp³-hybridized carbons (Fsp3) is 0.625. The van der Waals surface area contributed by atoms with Gasteiger partial charge in [-0.2, -0.15) is 0 Å². The molecule has 0 bridgehead atoms. The highest BCUT2D eigenvalue weighted by Crippen LogP contribution is 2.22. The van der Waals surface area contributed by atoms with Crippen LogP contribution in [0, 0.1) is 0 Å². The Kier molecular flexibility index (Phi) is 8.26. The number of ether oxygens (including phenoxy) is 3. The van der Waals surface area contributed by atoms with Gasteiger partial charge in [0.15, 0.2) is 0 Å². The summed E-state index contributed by atoms with van der Waals surface area (Å²) in [6.07, 6.45) is 2.13. The molecule has 1 aromatic carbocycles. The van der Waals surface area contributed by atoms with Gasteiger partial charge in [-0.1, -0.05) is 25.5 Å². The molecule has 2 unspecified atom stereocenters. The van der Waals surface area contributed by atoms with Gasteiger partial charge < -0.3 is 19.9 Å². The van der Waals surface area contributed by atoms with E-state index in [1.54, 1.807) is 7.11 Å². The number of rotatable bonds is 10. The third kappa shape index (κ3) is 5.90. The molecular weight excluding hydrogens is 254 g/mol. The van der Waals surface area contributed by atoms with Crippen LogP contribution < -0.4 is 10.5 Å². The van der Waals surface area contributed by atoms with Crippen molar-refractivity contribution in [2.24, 2.45) is 5.73 Å². The normalized spacial score (nSPS) is 14.0. The predicted molar refractivity (Wildman–Crippen MR) is 81.1 cm³/mol. The van der Waals surface area contributed by atoms with Crippen LogP contribution in [0.4, 0.5) is 0 Å². The Balaban J connectivity index is 2.43. The van der Waals surface area contributed by atoms with E-state index in [0.29, 0.717) is 13.2 Å². The molecule has 0 aliphatic carbocycles. The lowest BCUT2D eigenvalue weighted by Crippen LogP contribution is -2.28. The van der Waals surface area contributed by atoms with Crippen LogP contribution in [0.3, 0.4) is 0 Å². The first-order valence-corrected chi connectivity index (χ1v) is 7.28. The van der Waals surface area contributed by atoms with Gasteiger partial charge in [0, 0.05) is 12.6 Å². The van der Waals surface area contributed by atoms with Gasteiger partial charge in [-0.15, -0.1) is 0 Å². The van der Waals surface area contributed by atoms with Crippen LogP contribution in [0.5, 0.6) is 5.75 Å². The molecule has 0 spiro atoms. The summed E-state index contributed by atoms with van der Waals surface area (Å²) in [5.41, 5.74) is 7.07. The smallest absolute Gasteiger partial charge is 0.118 e. The summed E-state index contributed by atoms with van der Waals surface area (Å²) in [4.78, 5) is 0. The van der Waals surface area contributed by atoms with Gasteiger partial charge in [-0.3, -0.25) is 0 Å². The molecule has 0 radical (unpaired) electrons. The third-order valence-corrected chi connectivity index (χ3v) is 3.09. The van der Waals surface area contributed by atoms with Crippen molar-refractivity contribution < 1.29 is 14.2 Å². The minimum absolute atomic E-state index is 0.0703. The van der Waals surface area contributed by atoms with E-state index in [1.165, 1.54) is 0 Å². The SMILES string of the molecule is CCCCOCCOC(c1ccc(OC)cc1)C(C)N. The second-order valence-electron chi connectivity index (χ2n) is 4.89. The van der Waals surface area contributed by atoms with Gasteiger partial charge in [0.05, 0.1) is 26.4 Å². The van der Waals surface area contributed by atoms with E-state index in [9.17, 15) is 0 Å². The summed E-state index contributed by atoms with van der Waals surface area (Å²) >= 11 is 0.